The molecular weight excluding hydrogens is 224 g/mol. The van der Waals surface area contributed by atoms with Crippen LogP contribution in [-0.2, 0) is 5.11 Å². The summed E-state index contributed by atoms with van der Waals surface area (Å²) in [7, 11) is -1.08. The number of hydrogen-bond donors (Lipinski definition) is 0. The lowest BCUT2D eigenvalue weighted by atomic mass is 10.4. The predicted octanol–water partition coefficient (Wildman–Crippen LogP) is 5.66. The quantitative estimate of drug-likeness (QED) is 0.402. The molecule has 0 rings (SSSR count). The van der Waals surface area contributed by atoms with Crippen molar-refractivity contribution in [2.24, 2.45) is 0 Å². The Kier molecular flexibility index (Phi) is 11.4. The van der Waals surface area contributed by atoms with E-state index in [1.807, 2.05) is 0 Å². The molecule has 17 heavy (non-hydrogen) atoms. The first-order chi connectivity index (χ1) is 8.24. The maximum absolute atomic E-state index is 10.8. The molecule has 103 valence electrons. The molecule has 2 heteroatoms. The molecule has 0 spiro atoms. The molecule has 0 amide bonds. The molecule has 0 saturated heterocycles. The summed E-state index contributed by atoms with van der Waals surface area (Å²) in [5.41, 5.74) is 0. The smallest absolute Gasteiger partial charge is 0.0819 e. The Morgan fingerprint density at radius 1 is 0.647 bits per heavy atom. The highest BCUT2D eigenvalue weighted by molar-refractivity contribution is 6.79. The molecule has 0 aliphatic heterocycles. The van der Waals surface area contributed by atoms with Gasteiger partial charge in [-0.25, -0.2) is 5.11 Å². The molecule has 1 nitrogen and oxygen atoms in total. The number of rotatable bonds is 12. The predicted molar refractivity (Wildman–Crippen MR) is 79.9 cm³/mol. The zero-order valence-corrected chi connectivity index (χ0v) is 13.4. The molecule has 0 heterocycles. The van der Waals surface area contributed by atoms with Gasteiger partial charge >= 0.3 is 0 Å². The van der Waals surface area contributed by atoms with Gasteiger partial charge in [0.15, 0.2) is 0 Å². The average Bonchev–Trinajstić information content (AvgIpc) is 2.37. The standard InChI is InChI=1S/C15H33OSi/c1-4-7-12-17(13-8-5-2,14-9-6-3)15-10-11-16/h4-15H2,1-3H3. The van der Waals surface area contributed by atoms with Crippen LogP contribution in [0, 0.1) is 0 Å². The van der Waals surface area contributed by atoms with Crippen LogP contribution in [0.4, 0.5) is 0 Å². The van der Waals surface area contributed by atoms with Crippen LogP contribution in [0.15, 0.2) is 0 Å². The van der Waals surface area contributed by atoms with Gasteiger partial charge in [0.2, 0.25) is 0 Å². The Morgan fingerprint density at radius 2 is 1.00 bits per heavy atom. The Morgan fingerprint density at radius 3 is 1.29 bits per heavy atom. The van der Waals surface area contributed by atoms with Crippen molar-refractivity contribution >= 4 is 8.07 Å². The van der Waals surface area contributed by atoms with Crippen molar-refractivity contribution in [1.82, 2.24) is 0 Å². The van der Waals surface area contributed by atoms with E-state index in [9.17, 15) is 5.11 Å². The first kappa shape index (κ1) is 17.2. The highest BCUT2D eigenvalue weighted by atomic mass is 28.3. The second-order valence-corrected chi connectivity index (χ2v) is 10.6. The maximum atomic E-state index is 10.8. The first-order valence-electron chi connectivity index (χ1n) is 7.82. The molecule has 0 aliphatic rings. The zero-order chi connectivity index (χ0) is 13.0. The van der Waals surface area contributed by atoms with Crippen molar-refractivity contribution < 1.29 is 5.11 Å². The first-order valence-corrected chi connectivity index (χ1v) is 10.7. The van der Waals surface area contributed by atoms with Crippen molar-refractivity contribution in [2.45, 2.75) is 89.9 Å². The second-order valence-electron chi connectivity index (χ2n) is 5.62. The van der Waals surface area contributed by atoms with E-state index in [0.717, 1.165) is 6.42 Å². The Balaban J connectivity index is 4.39. The topological polar surface area (TPSA) is 19.9 Å². The zero-order valence-electron chi connectivity index (χ0n) is 12.4. The van der Waals surface area contributed by atoms with Gasteiger partial charge in [0.25, 0.3) is 0 Å². The van der Waals surface area contributed by atoms with Crippen LogP contribution in [0.3, 0.4) is 0 Å². The molecule has 0 aromatic rings. The van der Waals surface area contributed by atoms with Crippen molar-refractivity contribution in [3.05, 3.63) is 0 Å². The van der Waals surface area contributed by atoms with E-state index < -0.39 is 8.07 Å². The summed E-state index contributed by atoms with van der Waals surface area (Å²) >= 11 is 0. The van der Waals surface area contributed by atoms with Crippen molar-refractivity contribution in [3.63, 3.8) is 0 Å². The van der Waals surface area contributed by atoms with Crippen LogP contribution < -0.4 is 0 Å². The van der Waals surface area contributed by atoms with E-state index in [1.165, 1.54) is 62.7 Å². The minimum atomic E-state index is -1.08. The van der Waals surface area contributed by atoms with Gasteiger partial charge in [0, 0.05) is 0 Å². The van der Waals surface area contributed by atoms with E-state index >= 15 is 0 Å². The van der Waals surface area contributed by atoms with Crippen molar-refractivity contribution in [2.75, 3.05) is 6.61 Å². The van der Waals surface area contributed by atoms with Crippen LogP contribution in [0.2, 0.25) is 24.2 Å². The van der Waals surface area contributed by atoms with Crippen LogP contribution in [0.1, 0.15) is 65.7 Å². The molecule has 0 fully saturated rings. The Bertz CT molecular complexity index is 121. The second kappa shape index (κ2) is 11.3. The van der Waals surface area contributed by atoms with Crippen LogP contribution in [0.25, 0.3) is 0 Å². The fraction of sp³-hybridized carbons (Fsp3) is 1.00. The molecule has 0 aliphatic carbocycles. The SMILES string of the molecule is CCCC[Si](CCCC)(CCCC)CCC[O]. The van der Waals surface area contributed by atoms with Gasteiger partial charge in [-0.05, 0) is 6.42 Å². The minimum Gasteiger partial charge on any atom is -0.237 e. The van der Waals surface area contributed by atoms with Gasteiger partial charge < -0.3 is 0 Å². The van der Waals surface area contributed by atoms with Crippen LogP contribution in [-0.4, -0.2) is 14.7 Å². The van der Waals surface area contributed by atoms with Gasteiger partial charge in [-0.1, -0.05) is 83.5 Å². The third kappa shape index (κ3) is 7.99. The molecule has 0 aromatic carbocycles. The summed E-state index contributed by atoms with van der Waals surface area (Å²) in [5, 5.41) is 10.8. The number of unbranched alkanes of at least 4 members (excludes halogenated alkanes) is 3. The normalized spacial score (nSPS) is 12.0. The average molecular weight is 258 g/mol. The van der Waals surface area contributed by atoms with E-state index in [1.54, 1.807) is 0 Å². The van der Waals surface area contributed by atoms with Crippen LogP contribution in [0.5, 0.6) is 0 Å². The molecule has 1 radical (unpaired) electrons. The lowest BCUT2D eigenvalue weighted by Gasteiger charge is -2.32. The lowest BCUT2D eigenvalue weighted by Crippen LogP contribution is -2.34. The van der Waals surface area contributed by atoms with Crippen molar-refractivity contribution in [1.29, 1.82) is 0 Å². The third-order valence-electron chi connectivity index (χ3n) is 4.03. The lowest BCUT2D eigenvalue weighted by molar-refractivity contribution is 0.193. The Hall–Kier alpha value is 0.177. The highest BCUT2D eigenvalue weighted by Gasteiger charge is 2.29. The van der Waals surface area contributed by atoms with E-state index in [0.29, 0.717) is 0 Å². The molecular formula is C15H33OSi. The summed E-state index contributed by atoms with van der Waals surface area (Å²) in [6.45, 7) is 7.05. The van der Waals surface area contributed by atoms with Crippen molar-refractivity contribution in [3.8, 4) is 0 Å². The monoisotopic (exact) mass is 257 g/mol. The molecule has 0 unspecified atom stereocenters. The fourth-order valence-corrected chi connectivity index (χ4v) is 8.56. The summed E-state index contributed by atoms with van der Waals surface area (Å²) < 4.78 is 0. The molecule has 0 N–H and O–H groups in total. The Labute approximate surface area is 110 Å². The highest BCUT2D eigenvalue weighted by Crippen LogP contribution is 2.33. The van der Waals surface area contributed by atoms with Gasteiger partial charge in [-0.15, -0.1) is 0 Å². The molecule has 0 saturated carbocycles. The van der Waals surface area contributed by atoms with Gasteiger partial charge in [0.1, 0.15) is 0 Å². The summed E-state index contributed by atoms with van der Waals surface area (Å²) in [4.78, 5) is 0. The van der Waals surface area contributed by atoms with Crippen LogP contribution >= 0.6 is 0 Å². The maximum Gasteiger partial charge on any atom is 0.0819 e. The minimum absolute atomic E-state index is 0.152. The summed E-state index contributed by atoms with van der Waals surface area (Å²) in [5.74, 6) is 0. The van der Waals surface area contributed by atoms with E-state index in [-0.39, 0.29) is 6.61 Å². The fourth-order valence-electron chi connectivity index (χ4n) is 2.85. The molecule has 0 atom stereocenters. The summed E-state index contributed by atoms with van der Waals surface area (Å²) in [6, 6.07) is 5.78. The van der Waals surface area contributed by atoms with Gasteiger partial charge in [0.05, 0.1) is 14.7 Å². The van der Waals surface area contributed by atoms with Gasteiger partial charge in [-0.3, -0.25) is 0 Å². The molecule has 0 aromatic heterocycles. The third-order valence-corrected chi connectivity index (χ3v) is 9.69. The largest absolute Gasteiger partial charge is 0.237 e. The van der Waals surface area contributed by atoms with Gasteiger partial charge in [-0.2, -0.15) is 0 Å². The molecule has 0 bridgehead atoms. The van der Waals surface area contributed by atoms with E-state index in [4.69, 9.17) is 0 Å². The summed E-state index contributed by atoms with van der Waals surface area (Å²) in [6.07, 6.45) is 9.12. The number of hydrogen-bond acceptors (Lipinski definition) is 0. The van der Waals surface area contributed by atoms with E-state index in [2.05, 4.69) is 20.8 Å².